The van der Waals surface area contributed by atoms with Crippen LogP contribution >= 0.6 is 11.6 Å². The first-order valence-electron chi connectivity index (χ1n) is 6.42. The van der Waals surface area contributed by atoms with Gasteiger partial charge in [-0.05, 0) is 54.6 Å². The number of benzene rings is 1. The molecule has 4 nitrogen and oxygen atoms in total. The molecule has 0 N–H and O–H groups in total. The van der Waals surface area contributed by atoms with Crippen molar-refractivity contribution in [3.8, 4) is 23.1 Å². The molecule has 1 aliphatic rings. The Morgan fingerprint density at radius 3 is 2.90 bits per heavy atom. The molecular formula is C15H12ClN3O. The van der Waals surface area contributed by atoms with Crippen LogP contribution < -0.4 is 4.74 Å². The molecule has 0 bridgehead atoms. The number of nitrogens with zero attached hydrogens (tertiary/aromatic N) is 3. The SMILES string of the molecule is N#Cc1cc(-c2ccnc(Cl)n2)ccc1OCC1CC1. The molecule has 1 aliphatic carbocycles. The average Bonchev–Trinajstić information content (AvgIpc) is 3.29. The second-order valence-corrected chi connectivity index (χ2v) is 5.13. The van der Waals surface area contributed by atoms with E-state index in [0.717, 1.165) is 5.56 Å². The molecule has 1 aromatic heterocycles. The van der Waals surface area contributed by atoms with Crippen molar-refractivity contribution in [3.05, 3.63) is 41.3 Å². The third kappa shape index (κ3) is 2.89. The summed E-state index contributed by atoms with van der Waals surface area (Å²) in [5.74, 6) is 1.28. The van der Waals surface area contributed by atoms with Gasteiger partial charge in [-0.1, -0.05) is 0 Å². The van der Waals surface area contributed by atoms with Crippen molar-refractivity contribution in [3.63, 3.8) is 0 Å². The van der Waals surface area contributed by atoms with Crippen LogP contribution in [-0.2, 0) is 0 Å². The molecule has 0 spiro atoms. The molecule has 0 saturated heterocycles. The van der Waals surface area contributed by atoms with Crippen molar-refractivity contribution in [2.45, 2.75) is 12.8 Å². The molecule has 2 aromatic rings. The predicted molar refractivity (Wildman–Crippen MR) is 75.4 cm³/mol. The summed E-state index contributed by atoms with van der Waals surface area (Å²) in [6, 6.07) is 9.37. The Kier molecular flexibility index (Phi) is 3.53. The van der Waals surface area contributed by atoms with E-state index in [0.29, 0.717) is 29.5 Å². The molecule has 0 radical (unpaired) electrons. The standard InChI is InChI=1S/C15H12ClN3O/c16-15-18-6-5-13(19-15)11-3-4-14(12(7-11)8-17)20-9-10-1-2-10/h3-7,10H,1-2,9H2. The smallest absolute Gasteiger partial charge is 0.222 e. The summed E-state index contributed by atoms with van der Waals surface area (Å²) >= 11 is 5.78. The zero-order valence-corrected chi connectivity index (χ0v) is 11.5. The van der Waals surface area contributed by atoms with E-state index in [9.17, 15) is 5.26 Å². The number of nitriles is 1. The molecule has 20 heavy (non-hydrogen) atoms. The van der Waals surface area contributed by atoms with E-state index in [2.05, 4.69) is 16.0 Å². The Labute approximate surface area is 122 Å². The molecule has 0 aliphatic heterocycles. The van der Waals surface area contributed by atoms with Crippen LogP contribution in [0.25, 0.3) is 11.3 Å². The quantitative estimate of drug-likeness (QED) is 0.807. The number of hydrogen-bond acceptors (Lipinski definition) is 4. The molecule has 1 heterocycles. The van der Waals surface area contributed by atoms with Crippen LogP contribution in [0.15, 0.2) is 30.5 Å². The van der Waals surface area contributed by atoms with Gasteiger partial charge < -0.3 is 4.74 Å². The van der Waals surface area contributed by atoms with Crippen molar-refractivity contribution < 1.29 is 4.74 Å². The minimum atomic E-state index is 0.190. The van der Waals surface area contributed by atoms with Gasteiger partial charge in [-0.3, -0.25) is 0 Å². The summed E-state index contributed by atoms with van der Waals surface area (Å²) in [7, 11) is 0. The Balaban J connectivity index is 1.88. The highest BCUT2D eigenvalue weighted by atomic mass is 35.5. The third-order valence-corrected chi connectivity index (χ3v) is 3.38. The highest BCUT2D eigenvalue weighted by Crippen LogP contribution is 2.31. The number of aromatic nitrogens is 2. The molecule has 5 heteroatoms. The molecular weight excluding hydrogens is 274 g/mol. The van der Waals surface area contributed by atoms with Crippen LogP contribution in [0.3, 0.4) is 0 Å². The summed E-state index contributed by atoms with van der Waals surface area (Å²) in [5, 5.41) is 9.43. The van der Waals surface area contributed by atoms with E-state index in [1.807, 2.05) is 12.1 Å². The van der Waals surface area contributed by atoms with E-state index in [1.165, 1.54) is 12.8 Å². The highest BCUT2D eigenvalue weighted by molar-refractivity contribution is 6.28. The molecule has 1 saturated carbocycles. The third-order valence-electron chi connectivity index (χ3n) is 3.19. The lowest BCUT2D eigenvalue weighted by Crippen LogP contribution is -2.00. The number of ether oxygens (including phenoxy) is 1. The van der Waals surface area contributed by atoms with Crippen LogP contribution in [-0.4, -0.2) is 16.6 Å². The minimum Gasteiger partial charge on any atom is -0.492 e. The second-order valence-electron chi connectivity index (χ2n) is 4.79. The lowest BCUT2D eigenvalue weighted by Gasteiger charge is -2.08. The van der Waals surface area contributed by atoms with Gasteiger partial charge in [-0.15, -0.1) is 0 Å². The van der Waals surface area contributed by atoms with Gasteiger partial charge in [0, 0.05) is 11.8 Å². The normalized spacial score (nSPS) is 13.8. The number of hydrogen-bond donors (Lipinski definition) is 0. The maximum Gasteiger partial charge on any atom is 0.222 e. The van der Waals surface area contributed by atoms with Crippen LogP contribution in [0, 0.1) is 17.2 Å². The Hall–Kier alpha value is -2.12. The van der Waals surface area contributed by atoms with E-state index in [-0.39, 0.29) is 5.28 Å². The van der Waals surface area contributed by atoms with Gasteiger partial charge in [0.05, 0.1) is 17.9 Å². The van der Waals surface area contributed by atoms with Gasteiger partial charge in [-0.25, -0.2) is 9.97 Å². The van der Waals surface area contributed by atoms with E-state index in [4.69, 9.17) is 16.3 Å². The molecule has 0 atom stereocenters. The van der Waals surface area contributed by atoms with Crippen molar-refractivity contribution in [2.24, 2.45) is 5.92 Å². The summed E-state index contributed by atoms with van der Waals surface area (Å²) in [4.78, 5) is 7.98. The molecule has 0 unspecified atom stereocenters. The van der Waals surface area contributed by atoms with E-state index in [1.54, 1.807) is 18.3 Å². The summed E-state index contributed by atoms with van der Waals surface area (Å²) < 4.78 is 5.69. The first kappa shape index (κ1) is 12.9. The average molecular weight is 286 g/mol. The van der Waals surface area contributed by atoms with Crippen molar-refractivity contribution >= 4 is 11.6 Å². The molecule has 100 valence electrons. The zero-order valence-electron chi connectivity index (χ0n) is 10.7. The minimum absolute atomic E-state index is 0.190. The van der Waals surface area contributed by atoms with Crippen molar-refractivity contribution in [1.29, 1.82) is 5.26 Å². The van der Waals surface area contributed by atoms with Gasteiger partial charge in [0.15, 0.2) is 0 Å². The van der Waals surface area contributed by atoms with Crippen LogP contribution in [0.5, 0.6) is 5.75 Å². The Morgan fingerprint density at radius 2 is 2.20 bits per heavy atom. The maximum absolute atomic E-state index is 9.24. The van der Waals surface area contributed by atoms with E-state index >= 15 is 0 Å². The lowest BCUT2D eigenvalue weighted by molar-refractivity contribution is 0.299. The highest BCUT2D eigenvalue weighted by Gasteiger charge is 2.22. The maximum atomic E-state index is 9.24. The van der Waals surface area contributed by atoms with Gasteiger partial charge in [0.2, 0.25) is 5.28 Å². The largest absolute Gasteiger partial charge is 0.492 e. The number of rotatable bonds is 4. The summed E-state index contributed by atoms with van der Waals surface area (Å²) in [5.41, 5.74) is 2.03. The van der Waals surface area contributed by atoms with Crippen LogP contribution in [0.2, 0.25) is 5.28 Å². The monoisotopic (exact) mass is 285 g/mol. The Bertz CT molecular complexity index is 677. The zero-order chi connectivity index (χ0) is 13.9. The summed E-state index contributed by atoms with van der Waals surface area (Å²) in [6.45, 7) is 0.688. The molecule has 0 amide bonds. The van der Waals surface area contributed by atoms with Crippen LogP contribution in [0.1, 0.15) is 18.4 Å². The fraction of sp³-hybridized carbons (Fsp3) is 0.267. The Morgan fingerprint density at radius 1 is 1.35 bits per heavy atom. The van der Waals surface area contributed by atoms with Gasteiger partial charge in [-0.2, -0.15) is 5.26 Å². The van der Waals surface area contributed by atoms with Crippen LogP contribution in [0.4, 0.5) is 0 Å². The fourth-order valence-electron chi connectivity index (χ4n) is 1.89. The van der Waals surface area contributed by atoms with E-state index < -0.39 is 0 Å². The first-order valence-corrected chi connectivity index (χ1v) is 6.80. The first-order chi connectivity index (χ1) is 9.76. The fourth-order valence-corrected chi connectivity index (χ4v) is 2.04. The molecule has 3 rings (SSSR count). The predicted octanol–water partition coefficient (Wildman–Crippen LogP) is 3.46. The topological polar surface area (TPSA) is 58.8 Å². The van der Waals surface area contributed by atoms with Gasteiger partial charge in [0.1, 0.15) is 11.8 Å². The van der Waals surface area contributed by atoms with Gasteiger partial charge in [0.25, 0.3) is 0 Å². The van der Waals surface area contributed by atoms with Crippen molar-refractivity contribution in [1.82, 2.24) is 9.97 Å². The summed E-state index contributed by atoms with van der Waals surface area (Å²) in [6.07, 6.45) is 4.03. The second kappa shape index (κ2) is 5.48. The van der Waals surface area contributed by atoms with Gasteiger partial charge >= 0.3 is 0 Å². The number of halogens is 1. The lowest BCUT2D eigenvalue weighted by atomic mass is 10.1. The molecule has 1 aromatic carbocycles. The van der Waals surface area contributed by atoms with Crippen molar-refractivity contribution in [2.75, 3.05) is 6.61 Å². The molecule has 1 fully saturated rings.